The molecule has 50 heavy (non-hydrogen) atoms. The zero-order chi connectivity index (χ0) is 33.0. The van der Waals surface area contributed by atoms with Crippen molar-refractivity contribution < 1.29 is 0 Å². The quantitative estimate of drug-likeness (QED) is 0.188. The molecule has 0 N–H and O–H groups in total. The smallest absolute Gasteiger partial charge is 0.240 e. The van der Waals surface area contributed by atoms with Gasteiger partial charge in [-0.1, -0.05) is 146 Å². The van der Waals surface area contributed by atoms with Crippen LogP contribution in [0.1, 0.15) is 0 Å². The Labute approximate surface area is 288 Å². The average molecular weight is 640 g/mol. The summed E-state index contributed by atoms with van der Waals surface area (Å²) in [6.45, 7) is 0. The standard InChI is InChI=1S/C45H29N5/c1-3-13-30(14-4-1)32-23-25-33(26-24-32)43-46-44(49-39-20-10-7-17-35(39)36-18-8-11-21-40(36)49)48-45(47-43)50-41-22-12-9-19-37(41)38-29-34(27-28-42(38)50)31-15-5-2-6-16-31/h1-29H. The molecule has 0 fully saturated rings. The van der Waals surface area contributed by atoms with Gasteiger partial charge in [-0.3, -0.25) is 9.13 Å². The van der Waals surface area contributed by atoms with Crippen molar-refractivity contribution in [2.75, 3.05) is 0 Å². The number of rotatable bonds is 5. The van der Waals surface area contributed by atoms with Crippen LogP contribution < -0.4 is 0 Å². The number of aromatic nitrogens is 5. The molecule has 0 unspecified atom stereocenters. The molecular weight excluding hydrogens is 611 g/mol. The normalized spacial score (nSPS) is 11.6. The van der Waals surface area contributed by atoms with Gasteiger partial charge in [0.05, 0.1) is 22.1 Å². The van der Waals surface area contributed by atoms with E-state index in [2.05, 4.69) is 179 Å². The van der Waals surface area contributed by atoms with Gasteiger partial charge in [0, 0.05) is 27.1 Å². The molecule has 0 bridgehead atoms. The highest BCUT2D eigenvalue weighted by atomic mass is 15.3. The summed E-state index contributed by atoms with van der Waals surface area (Å²) in [6.07, 6.45) is 0. The van der Waals surface area contributed by atoms with E-state index in [1.807, 2.05) is 6.07 Å². The molecule has 234 valence electrons. The molecule has 7 aromatic carbocycles. The Hall–Kier alpha value is -6.85. The first kappa shape index (κ1) is 28.2. The lowest BCUT2D eigenvalue weighted by Gasteiger charge is -2.13. The summed E-state index contributed by atoms with van der Waals surface area (Å²) in [5.74, 6) is 1.75. The van der Waals surface area contributed by atoms with Crippen molar-refractivity contribution in [3.63, 3.8) is 0 Å². The molecule has 0 spiro atoms. The van der Waals surface area contributed by atoms with Crippen LogP contribution in [0.15, 0.2) is 176 Å². The highest BCUT2D eigenvalue weighted by Gasteiger charge is 2.20. The van der Waals surface area contributed by atoms with Gasteiger partial charge >= 0.3 is 0 Å². The minimum Gasteiger partial charge on any atom is -0.278 e. The summed E-state index contributed by atoms with van der Waals surface area (Å²) in [4.78, 5) is 15.7. The van der Waals surface area contributed by atoms with Crippen LogP contribution in [0.2, 0.25) is 0 Å². The second kappa shape index (κ2) is 11.4. The van der Waals surface area contributed by atoms with Gasteiger partial charge in [0.25, 0.3) is 0 Å². The van der Waals surface area contributed by atoms with Gasteiger partial charge < -0.3 is 0 Å². The van der Waals surface area contributed by atoms with Crippen LogP contribution in [0.3, 0.4) is 0 Å². The van der Waals surface area contributed by atoms with Gasteiger partial charge in [-0.25, -0.2) is 0 Å². The third-order valence-electron chi connectivity index (χ3n) is 9.62. The third kappa shape index (κ3) is 4.52. The molecule has 0 atom stereocenters. The predicted octanol–water partition coefficient (Wildman–Crippen LogP) is 11.1. The number of para-hydroxylation sites is 3. The summed E-state index contributed by atoms with van der Waals surface area (Å²) >= 11 is 0. The van der Waals surface area contributed by atoms with Crippen molar-refractivity contribution in [3.05, 3.63) is 176 Å². The summed E-state index contributed by atoms with van der Waals surface area (Å²) < 4.78 is 4.35. The first-order valence-electron chi connectivity index (χ1n) is 16.8. The fourth-order valence-corrected chi connectivity index (χ4v) is 7.26. The summed E-state index contributed by atoms with van der Waals surface area (Å²) in [7, 11) is 0. The van der Waals surface area contributed by atoms with Crippen molar-refractivity contribution in [2.45, 2.75) is 0 Å². The maximum absolute atomic E-state index is 5.29. The van der Waals surface area contributed by atoms with E-state index in [0.717, 1.165) is 54.7 Å². The van der Waals surface area contributed by atoms with Gasteiger partial charge in [-0.2, -0.15) is 15.0 Å². The van der Waals surface area contributed by atoms with Gasteiger partial charge in [-0.15, -0.1) is 0 Å². The molecule has 10 aromatic rings. The van der Waals surface area contributed by atoms with Crippen LogP contribution in [0.4, 0.5) is 0 Å². The first-order valence-corrected chi connectivity index (χ1v) is 16.8. The maximum atomic E-state index is 5.29. The van der Waals surface area contributed by atoms with Gasteiger partial charge in [0.15, 0.2) is 5.82 Å². The van der Waals surface area contributed by atoms with Crippen molar-refractivity contribution in [2.24, 2.45) is 0 Å². The lowest BCUT2D eigenvalue weighted by molar-refractivity contribution is 0.893. The molecule has 0 aliphatic heterocycles. The fourth-order valence-electron chi connectivity index (χ4n) is 7.26. The number of hydrogen-bond donors (Lipinski definition) is 0. The molecule has 0 amide bonds. The predicted molar refractivity (Wildman–Crippen MR) is 205 cm³/mol. The topological polar surface area (TPSA) is 48.5 Å². The van der Waals surface area contributed by atoms with E-state index in [-0.39, 0.29) is 0 Å². The molecule has 0 saturated carbocycles. The second-order valence-electron chi connectivity index (χ2n) is 12.5. The van der Waals surface area contributed by atoms with Gasteiger partial charge in [0.1, 0.15) is 0 Å². The first-order chi connectivity index (χ1) is 24.8. The van der Waals surface area contributed by atoms with E-state index in [1.54, 1.807) is 0 Å². The highest BCUT2D eigenvalue weighted by molar-refractivity contribution is 6.11. The molecular formula is C45H29N5. The number of benzene rings is 7. The third-order valence-corrected chi connectivity index (χ3v) is 9.62. The number of fused-ring (bicyclic) bond motifs is 6. The van der Waals surface area contributed by atoms with E-state index >= 15 is 0 Å². The van der Waals surface area contributed by atoms with Crippen LogP contribution in [0, 0.1) is 0 Å². The average Bonchev–Trinajstić information content (AvgIpc) is 3.71. The van der Waals surface area contributed by atoms with E-state index in [0.29, 0.717) is 17.7 Å². The van der Waals surface area contributed by atoms with Crippen LogP contribution in [0.5, 0.6) is 0 Å². The highest BCUT2D eigenvalue weighted by Crippen LogP contribution is 2.36. The summed E-state index contributed by atoms with van der Waals surface area (Å²) in [5.41, 5.74) is 9.75. The van der Waals surface area contributed by atoms with Gasteiger partial charge in [0.2, 0.25) is 11.9 Å². The van der Waals surface area contributed by atoms with Crippen molar-refractivity contribution >= 4 is 43.6 Å². The second-order valence-corrected chi connectivity index (χ2v) is 12.5. The van der Waals surface area contributed by atoms with Crippen LogP contribution in [-0.2, 0) is 0 Å². The number of hydrogen-bond acceptors (Lipinski definition) is 3. The largest absolute Gasteiger partial charge is 0.278 e. The molecule has 3 heterocycles. The van der Waals surface area contributed by atoms with Crippen molar-refractivity contribution in [1.82, 2.24) is 24.1 Å². The van der Waals surface area contributed by atoms with Crippen LogP contribution in [-0.4, -0.2) is 24.1 Å². The maximum Gasteiger partial charge on any atom is 0.240 e. The van der Waals surface area contributed by atoms with E-state index in [1.165, 1.54) is 16.7 Å². The lowest BCUT2D eigenvalue weighted by atomic mass is 10.0. The Kier molecular flexibility index (Phi) is 6.42. The Morgan fingerprint density at radius 1 is 0.280 bits per heavy atom. The molecule has 3 aromatic heterocycles. The molecule has 10 rings (SSSR count). The van der Waals surface area contributed by atoms with Crippen LogP contribution >= 0.6 is 0 Å². The minimum absolute atomic E-state index is 0.567. The zero-order valence-corrected chi connectivity index (χ0v) is 27.0. The SMILES string of the molecule is c1ccc(-c2ccc(-c3nc(-n4c5ccccc5c5ccccc54)nc(-n4c5ccccc5c5cc(-c6ccccc6)ccc54)n3)cc2)cc1. The Morgan fingerprint density at radius 3 is 1.20 bits per heavy atom. The zero-order valence-electron chi connectivity index (χ0n) is 27.0. The van der Waals surface area contributed by atoms with E-state index < -0.39 is 0 Å². The Morgan fingerprint density at radius 2 is 0.660 bits per heavy atom. The Balaban J connectivity index is 1.24. The summed E-state index contributed by atoms with van der Waals surface area (Å²) in [5, 5.41) is 4.61. The molecule has 0 saturated heterocycles. The Bertz CT molecular complexity index is 2800. The fraction of sp³-hybridized carbons (Fsp3) is 0. The lowest BCUT2D eigenvalue weighted by Crippen LogP contribution is -2.10. The molecule has 5 nitrogen and oxygen atoms in total. The van der Waals surface area contributed by atoms with Gasteiger partial charge in [-0.05, 0) is 52.6 Å². The van der Waals surface area contributed by atoms with E-state index in [4.69, 9.17) is 15.0 Å². The van der Waals surface area contributed by atoms with Crippen molar-refractivity contribution in [1.29, 1.82) is 0 Å². The molecule has 0 radical (unpaired) electrons. The summed E-state index contributed by atoms with van der Waals surface area (Å²) in [6, 6.07) is 61.5. The van der Waals surface area contributed by atoms with E-state index in [9.17, 15) is 0 Å². The molecule has 0 aliphatic rings. The molecule has 0 aliphatic carbocycles. The monoisotopic (exact) mass is 639 g/mol. The molecule has 5 heteroatoms. The van der Waals surface area contributed by atoms with Crippen LogP contribution in [0.25, 0.3) is 89.2 Å². The van der Waals surface area contributed by atoms with Crippen molar-refractivity contribution in [3.8, 4) is 45.5 Å². The number of nitrogens with zero attached hydrogens (tertiary/aromatic N) is 5. The minimum atomic E-state index is 0.567.